The fraction of sp³-hybridized carbons (Fsp3) is 0.667. The van der Waals surface area contributed by atoms with Crippen LogP contribution in [-0.4, -0.2) is 69.4 Å². The van der Waals surface area contributed by atoms with Gasteiger partial charge in [-0.1, -0.05) is 18.2 Å². The van der Waals surface area contributed by atoms with E-state index in [1.54, 1.807) is 29.2 Å². The van der Waals surface area contributed by atoms with Crippen LogP contribution in [-0.2, 0) is 28.7 Å². The quantitative estimate of drug-likeness (QED) is 0.345. The summed E-state index contributed by atoms with van der Waals surface area (Å²) in [5.41, 5.74) is -0.577. The molecule has 0 spiro atoms. The topological polar surface area (TPSA) is 99.2 Å². The SMILES string of the molecule is CC(F)(F)COC(=O)C1C2CCC(S2)C1C(=O)OC1C2CC3C(C(=O)N(C(C)(C)C)C31)C2C(=O)Oc1ccccc1. The van der Waals surface area contributed by atoms with Gasteiger partial charge >= 0.3 is 17.9 Å². The number of amides is 1. The van der Waals surface area contributed by atoms with E-state index >= 15 is 0 Å². The summed E-state index contributed by atoms with van der Waals surface area (Å²) in [6.07, 6.45) is 1.20. The highest BCUT2D eigenvalue weighted by Gasteiger charge is 2.72. The highest BCUT2D eigenvalue weighted by molar-refractivity contribution is 8.01. The molecule has 3 saturated heterocycles. The molecule has 1 aromatic rings. The number of fused-ring (bicyclic) bond motifs is 3. The molecule has 0 aromatic heterocycles. The van der Waals surface area contributed by atoms with Crippen molar-refractivity contribution in [3.8, 4) is 5.75 Å². The molecule has 10 atom stereocenters. The van der Waals surface area contributed by atoms with E-state index < -0.39 is 77.7 Å². The molecule has 0 N–H and O–H groups in total. The van der Waals surface area contributed by atoms with E-state index in [9.17, 15) is 28.0 Å². The van der Waals surface area contributed by atoms with Crippen molar-refractivity contribution in [2.45, 2.75) is 81.1 Å². The zero-order chi connectivity index (χ0) is 29.4. The Morgan fingerprint density at radius 1 is 0.927 bits per heavy atom. The molecule has 222 valence electrons. The molecule has 2 aliphatic carbocycles. The first-order valence-corrected chi connectivity index (χ1v) is 15.2. The van der Waals surface area contributed by atoms with E-state index in [0.717, 1.165) is 0 Å². The summed E-state index contributed by atoms with van der Waals surface area (Å²) in [5, 5.41) is -0.381. The van der Waals surface area contributed by atoms with Gasteiger partial charge in [0.1, 0.15) is 11.9 Å². The normalized spacial score (nSPS) is 37.0. The van der Waals surface area contributed by atoms with Crippen molar-refractivity contribution in [3.63, 3.8) is 0 Å². The maximum absolute atomic E-state index is 13.9. The zero-order valence-electron chi connectivity index (χ0n) is 23.5. The van der Waals surface area contributed by atoms with Crippen molar-refractivity contribution in [1.29, 1.82) is 0 Å². The van der Waals surface area contributed by atoms with Gasteiger partial charge in [0.2, 0.25) is 5.91 Å². The zero-order valence-corrected chi connectivity index (χ0v) is 24.3. The van der Waals surface area contributed by atoms with Gasteiger partial charge in [-0.2, -0.15) is 11.8 Å². The minimum absolute atomic E-state index is 0.138. The number of para-hydroxylation sites is 1. The molecule has 10 unspecified atom stereocenters. The molecule has 0 radical (unpaired) electrons. The number of alkyl halides is 2. The smallest absolute Gasteiger partial charge is 0.315 e. The molecule has 3 aliphatic heterocycles. The van der Waals surface area contributed by atoms with Crippen LogP contribution < -0.4 is 4.74 Å². The Morgan fingerprint density at radius 2 is 1.56 bits per heavy atom. The Morgan fingerprint density at radius 3 is 2.17 bits per heavy atom. The van der Waals surface area contributed by atoms with Crippen LogP contribution in [0.1, 0.15) is 47.0 Å². The Bertz CT molecular complexity index is 1250. The second-order valence-electron chi connectivity index (χ2n) is 13.1. The van der Waals surface area contributed by atoms with Gasteiger partial charge in [-0.25, -0.2) is 8.78 Å². The fourth-order valence-corrected chi connectivity index (χ4v) is 9.92. The number of halogens is 2. The Labute approximate surface area is 241 Å². The van der Waals surface area contributed by atoms with Crippen molar-refractivity contribution >= 4 is 35.6 Å². The minimum Gasteiger partial charge on any atom is -0.460 e. The van der Waals surface area contributed by atoms with Crippen molar-refractivity contribution in [1.82, 2.24) is 4.90 Å². The summed E-state index contributed by atoms with van der Waals surface area (Å²) >= 11 is 1.51. The maximum atomic E-state index is 13.9. The highest BCUT2D eigenvalue weighted by Crippen LogP contribution is 2.62. The minimum atomic E-state index is -3.18. The van der Waals surface area contributed by atoms with Crippen molar-refractivity contribution in [2.75, 3.05) is 6.61 Å². The largest absolute Gasteiger partial charge is 0.460 e. The predicted molar refractivity (Wildman–Crippen MR) is 144 cm³/mol. The summed E-state index contributed by atoms with van der Waals surface area (Å²) in [6.45, 7) is 5.38. The third kappa shape index (κ3) is 4.81. The summed E-state index contributed by atoms with van der Waals surface area (Å²) in [7, 11) is 0. The molecule has 5 aliphatic rings. The van der Waals surface area contributed by atoms with Crippen LogP contribution in [0.5, 0.6) is 5.75 Å². The molecular weight excluding hydrogens is 556 g/mol. The van der Waals surface area contributed by atoms with Gasteiger partial charge in [-0.15, -0.1) is 0 Å². The monoisotopic (exact) mass is 591 g/mol. The summed E-state index contributed by atoms with van der Waals surface area (Å²) in [6, 6.07) is 8.26. The fourth-order valence-electron chi connectivity index (χ4n) is 8.02. The number of rotatable bonds is 7. The van der Waals surface area contributed by atoms with E-state index in [0.29, 0.717) is 31.9 Å². The van der Waals surface area contributed by atoms with Crippen LogP contribution in [0, 0.1) is 35.5 Å². The first kappa shape index (κ1) is 28.4. The lowest BCUT2D eigenvalue weighted by Gasteiger charge is -2.40. The van der Waals surface area contributed by atoms with Gasteiger partial charge in [0.15, 0.2) is 6.61 Å². The maximum Gasteiger partial charge on any atom is 0.315 e. The summed E-state index contributed by atoms with van der Waals surface area (Å²) in [5.74, 6) is -8.46. The molecule has 11 heteroatoms. The number of carbonyl (C=O) groups excluding carboxylic acids is 4. The molecule has 6 rings (SSSR count). The molecule has 2 saturated carbocycles. The van der Waals surface area contributed by atoms with Crippen LogP contribution in [0.2, 0.25) is 0 Å². The number of hydrogen-bond acceptors (Lipinski definition) is 8. The van der Waals surface area contributed by atoms with Gasteiger partial charge in [0.05, 0.1) is 29.7 Å². The van der Waals surface area contributed by atoms with Gasteiger partial charge in [0, 0.05) is 28.9 Å². The number of ether oxygens (including phenoxy) is 3. The van der Waals surface area contributed by atoms with Crippen LogP contribution in [0.15, 0.2) is 30.3 Å². The number of benzene rings is 1. The lowest BCUT2D eigenvalue weighted by molar-refractivity contribution is -0.173. The van der Waals surface area contributed by atoms with Gasteiger partial charge in [0.25, 0.3) is 5.92 Å². The van der Waals surface area contributed by atoms with Crippen molar-refractivity contribution in [2.24, 2.45) is 35.5 Å². The third-order valence-corrected chi connectivity index (χ3v) is 11.1. The van der Waals surface area contributed by atoms with Crippen molar-refractivity contribution in [3.05, 3.63) is 30.3 Å². The molecule has 5 fully saturated rings. The number of hydrogen-bond donors (Lipinski definition) is 0. The summed E-state index contributed by atoms with van der Waals surface area (Å²) in [4.78, 5) is 55.9. The average Bonchev–Trinajstić information content (AvgIpc) is 3.68. The van der Waals surface area contributed by atoms with Crippen LogP contribution in [0.3, 0.4) is 0 Å². The molecule has 3 heterocycles. The lowest BCUT2D eigenvalue weighted by atomic mass is 9.77. The van der Waals surface area contributed by atoms with Crippen LogP contribution in [0.4, 0.5) is 8.78 Å². The van der Waals surface area contributed by atoms with E-state index in [1.165, 1.54) is 11.8 Å². The molecule has 8 nitrogen and oxygen atoms in total. The number of carbonyl (C=O) groups is 4. The predicted octanol–water partition coefficient (Wildman–Crippen LogP) is 4.10. The Balaban J connectivity index is 1.26. The molecule has 1 amide bonds. The molecule has 4 bridgehead atoms. The van der Waals surface area contributed by atoms with Crippen LogP contribution in [0.25, 0.3) is 0 Å². The molecular formula is C30H35F2NO7S. The van der Waals surface area contributed by atoms with E-state index in [4.69, 9.17) is 14.2 Å². The average molecular weight is 592 g/mol. The third-order valence-electron chi connectivity index (χ3n) is 9.37. The standard InChI is InChI=1S/C30H35F2NO7S/c1-29(2,3)33-23-15-12-16(20(19(15)25(33)34)27(36)39-14-8-6-5-7-9-14)24(23)40-28(37)22-18-11-10-17(41-18)21(22)26(35)38-13-30(4,31)32/h5-9,15-24H,10-13H2,1-4H3. The first-order chi connectivity index (χ1) is 19.3. The first-order valence-electron chi connectivity index (χ1n) is 14.3. The van der Waals surface area contributed by atoms with Crippen molar-refractivity contribution < 1.29 is 42.2 Å². The van der Waals surface area contributed by atoms with Gasteiger partial charge in [-0.05, 0) is 58.1 Å². The van der Waals surface area contributed by atoms with Gasteiger partial charge < -0.3 is 19.1 Å². The molecule has 41 heavy (non-hydrogen) atoms. The van der Waals surface area contributed by atoms with E-state index in [2.05, 4.69) is 0 Å². The van der Waals surface area contributed by atoms with E-state index in [-0.39, 0.29) is 22.3 Å². The van der Waals surface area contributed by atoms with Gasteiger partial charge in [-0.3, -0.25) is 19.2 Å². The molecule has 1 aromatic carbocycles. The van der Waals surface area contributed by atoms with E-state index in [1.807, 2.05) is 26.8 Å². The second-order valence-corrected chi connectivity index (χ2v) is 14.6. The lowest BCUT2D eigenvalue weighted by Crippen LogP contribution is -2.53. The number of nitrogens with zero attached hydrogens (tertiary/aromatic N) is 1. The second kappa shape index (κ2) is 9.95. The number of esters is 3. The Hall–Kier alpha value is -2.69. The summed E-state index contributed by atoms with van der Waals surface area (Å²) < 4.78 is 43.7. The highest BCUT2D eigenvalue weighted by atomic mass is 32.2. The Kier molecular flexibility index (Phi) is 6.90. The van der Waals surface area contributed by atoms with Crippen LogP contribution >= 0.6 is 11.8 Å². The number of thioether (sulfide) groups is 1. The number of likely N-dealkylation sites (tertiary alicyclic amines) is 1.